The van der Waals surface area contributed by atoms with Crippen LogP contribution in [0.25, 0.3) is 0 Å². The number of hydrogen-bond donors (Lipinski definition) is 4. The molecule has 94 valence electrons. The van der Waals surface area contributed by atoms with Crippen LogP contribution in [0.4, 0.5) is 0 Å². The molecule has 0 aliphatic heterocycles. The molecule has 0 aromatic carbocycles. The number of rotatable bonds is 0. The lowest BCUT2D eigenvalue weighted by Gasteiger charge is -2.56. The van der Waals surface area contributed by atoms with Crippen LogP contribution in [0, 0.1) is 0 Å². The van der Waals surface area contributed by atoms with Crippen molar-refractivity contribution in [3.8, 4) is 0 Å². The van der Waals surface area contributed by atoms with E-state index in [1.807, 2.05) is 0 Å². The molecule has 17 heavy (non-hydrogen) atoms. The predicted octanol–water partition coefficient (Wildman–Crippen LogP) is -0.142. The predicted molar refractivity (Wildman–Crippen MR) is 67.0 cm³/mol. The van der Waals surface area contributed by atoms with Gasteiger partial charge in [0.15, 0.2) is 0 Å². The molecule has 4 nitrogen and oxygen atoms in total. The van der Waals surface area contributed by atoms with Crippen molar-refractivity contribution >= 4 is 0 Å². The molecule has 4 bridgehead atoms. The van der Waals surface area contributed by atoms with Crippen LogP contribution >= 0.6 is 0 Å². The fourth-order valence-corrected chi connectivity index (χ4v) is 5.24. The first-order chi connectivity index (χ1) is 7.82. The quantitative estimate of drug-likeness (QED) is 0.438. The van der Waals surface area contributed by atoms with Crippen LogP contribution in [-0.2, 0) is 0 Å². The second-order valence-electron chi connectivity index (χ2n) is 7.05. The monoisotopic (exact) mass is 234 g/mol. The zero-order valence-corrected chi connectivity index (χ0v) is 10.3. The SMILES string of the molecule is NC12CCC(N)(CC1)C1=C2C2(N)CCC1(N)C2. The highest BCUT2D eigenvalue weighted by molar-refractivity contribution is 5.58. The first-order valence-electron chi connectivity index (χ1n) is 6.73. The van der Waals surface area contributed by atoms with Gasteiger partial charge in [0.05, 0.1) is 0 Å². The Morgan fingerprint density at radius 1 is 0.529 bits per heavy atom. The number of fused-ring (bicyclic) bond motifs is 4. The molecule has 0 heterocycles. The van der Waals surface area contributed by atoms with Crippen molar-refractivity contribution in [3.63, 3.8) is 0 Å². The van der Waals surface area contributed by atoms with E-state index in [9.17, 15) is 0 Å². The molecular formula is C13H22N4. The molecule has 2 unspecified atom stereocenters. The highest BCUT2D eigenvalue weighted by Gasteiger charge is 2.67. The minimum absolute atomic E-state index is 0.202. The summed E-state index contributed by atoms with van der Waals surface area (Å²) in [5.74, 6) is 0. The van der Waals surface area contributed by atoms with Crippen LogP contribution < -0.4 is 22.9 Å². The van der Waals surface area contributed by atoms with Crippen molar-refractivity contribution in [1.29, 1.82) is 0 Å². The Hall–Kier alpha value is -0.420. The molecule has 4 heteroatoms. The zero-order chi connectivity index (χ0) is 12.1. The molecular weight excluding hydrogens is 212 g/mol. The summed E-state index contributed by atoms with van der Waals surface area (Å²) in [4.78, 5) is 0. The van der Waals surface area contributed by atoms with Crippen LogP contribution in [0.15, 0.2) is 11.1 Å². The van der Waals surface area contributed by atoms with Crippen molar-refractivity contribution in [2.75, 3.05) is 0 Å². The molecule has 0 aromatic heterocycles. The van der Waals surface area contributed by atoms with Crippen molar-refractivity contribution in [2.24, 2.45) is 22.9 Å². The van der Waals surface area contributed by atoms with Gasteiger partial charge in [0, 0.05) is 22.2 Å². The molecule has 2 saturated carbocycles. The van der Waals surface area contributed by atoms with Gasteiger partial charge in [-0.1, -0.05) is 0 Å². The lowest BCUT2D eigenvalue weighted by molar-refractivity contribution is 0.189. The fraction of sp³-hybridized carbons (Fsp3) is 0.846. The van der Waals surface area contributed by atoms with Crippen LogP contribution in [-0.4, -0.2) is 22.2 Å². The van der Waals surface area contributed by atoms with E-state index in [2.05, 4.69) is 0 Å². The van der Waals surface area contributed by atoms with E-state index >= 15 is 0 Å². The summed E-state index contributed by atoms with van der Waals surface area (Å²) in [6, 6.07) is 0. The summed E-state index contributed by atoms with van der Waals surface area (Å²) >= 11 is 0. The summed E-state index contributed by atoms with van der Waals surface area (Å²) < 4.78 is 0. The van der Waals surface area contributed by atoms with E-state index in [0.29, 0.717) is 0 Å². The van der Waals surface area contributed by atoms with Gasteiger partial charge in [0.1, 0.15) is 0 Å². The molecule has 5 rings (SSSR count). The van der Waals surface area contributed by atoms with Gasteiger partial charge in [-0.05, 0) is 56.1 Å². The summed E-state index contributed by atoms with van der Waals surface area (Å²) in [5.41, 5.74) is 28.1. The normalized spacial score (nSPS) is 60.0. The molecule has 0 spiro atoms. The summed E-state index contributed by atoms with van der Waals surface area (Å²) in [6.45, 7) is 0. The topological polar surface area (TPSA) is 104 Å². The van der Waals surface area contributed by atoms with Crippen LogP contribution in [0.2, 0.25) is 0 Å². The van der Waals surface area contributed by atoms with Gasteiger partial charge in [-0.25, -0.2) is 0 Å². The summed E-state index contributed by atoms with van der Waals surface area (Å²) in [6.07, 6.45) is 6.76. The molecule has 2 atom stereocenters. The Labute approximate surface area is 102 Å². The van der Waals surface area contributed by atoms with Gasteiger partial charge in [-0.15, -0.1) is 0 Å². The third-order valence-corrected chi connectivity index (χ3v) is 5.92. The molecule has 5 aliphatic rings. The summed E-state index contributed by atoms with van der Waals surface area (Å²) in [5, 5.41) is 0. The van der Waals surface area contributed by atoms with E-state index < -0.39 is 0 Å². The number of hydrogen-bond acceptors (Lipinski definition) is 4. The largest absolute Gasteiger partial charge is 0.322 e. The Morgan fingerprint density at radius 3 is 1.18 bits per heavy atom. The lowest BCUT2D eigenvalue weighted by Crippen LogP contribution is -2.66. The highest BCUT2D eigenvalue weighted by atomic mass is 15.0. The lowest BCUT2D eigenvalue weighted by atomic mass is 9.54. The molecule has 0 amide bonds. The minimum atomic E-state index is -0.246. The molecule has 8 N–H and O–H groups in total. The average Bonchev–Trinajstić information content (AvgIpc) is 2.70. The van der Waals surface area contributed by atoms with Crippen LogP contribution in [0.3, 0.4) is 0 Å². The first kappa shape index (κ1) is 10.5. The summed E-state index contributed by atoms with van der Waals surface area (Å²) in [7, 11) is 0. The molecule has 0 radical (unpaired) electrons. The Kier molecular flexibility index (Phi) is 1.53. The Bertz CT molecular complexity index is 406. The van der Waals surface area contributed by atoms with E-state index in [4.69, 9.17) is 22.9 Å². The Balaban J connectivity index is 2.03. The zero-order valence-electron chi connectivity index (χ0n) is 10.3. The van der Waals surface area contributed by atoms with E-state index in [-0.39, 0.29) is 22.2 Å². The van der Waals surface area contributed by atoms with Crippen molar-refractivity contribution in [3.05, 3.63) is 11.1 Å². The molecule has 5 aliphatic carbocycles. The maximum Gasteiger partial charge on any atom is 0.0412 e. The first-order valence-corrected chi connectivity index (χ1v) is 6.73. The van der Waals surface area contributed by atoms with Gasteiger partial charge in [-0.3, -0.25) is 0 Å². The fourth-order valence-electron chi connectivity index (χ4n) is 5.24. The van der Waals surface area contributed by atoms with Crippen LogP contribution in [0.1, 0.15) is 44.9 Å². The second kappa shape index (κ2) is 2.48. The Morgan fingerprint density at radius 2 is 0.824 bits per heavy atom. The average molecular weight is 234 g/mol. The number of nitrogens with two attached hydrogens (primary N) is 4. The minimum Gasteiger partial charge on any atom is -0.322 e. The molecule has 0 aromatic rings. The van der Waals surface area contributed by atoms with Crippen molar-refractivity contribution in [2.45, 2.75) is 67.1 Å². The van der Waals surface area contributed by atoms with Crippen molar-refractivity contribution < 1.29 is 0 Å². The highest BCUT2D eigenvalue weighted by Crippen LogP contribution is 2.64. The van der Waals surface area contributed by atoms with E-state index in [1.54, 1.807) is 0 Å². The van der Waals surface area contributed by atoms with Gasteiger partial charge < -0.3 is 22.9 Å². The third-order valence-electron chi connectivity index (χ3n) is 5.92. The van der Waals surface area contributed by atoms with Crippen molar-refractivity contribution in [1.82, 2.24) is 0 Å². The second-order valence-corrected chi connectivity index (χ2v) is 7.05. The molecule has 2 fully saturated rings. The third kappa shape index (κ3) is 0.964. The van der Waals surface area contributed by atoms with Crippen LogP contribution in [0.5, 0.6) is 0 Å². The maximum atomic E-state index is 6.62. The molecule has 0 saturated heterocycles. The van der Waals surface area contributed by atoms with Gasteiger partial charge in [0.2, 0.25) is 0 Å². The maximum absolute atomic E-state index is 6.62. The van der Waals surface area contributed by atoms with Gasteiger partial charge >= 0.3 is 0 Å². The van der Waals surface area contributed by atoms with E-state index in [1.165, 1.54) is 11.1 Å². The van der Waals surface area contributed by atoms with E-state index in [0.717, 1.165) is 44.9 Å². The smallest absolute Gasteiger partial charge is 0.0412 e. The van der Waals surface area contributed by atoms with Gasteiger partial charge in [0.25, 0.3) is 0 Å². The van der Waals surface area contributed by atoms with Gasteiger partial charge in [-0.2, -0.15) is 0 Å². The standard InChI is InChI=1S/C13H22N4/c14-10-1-2-11(15,4-3-10)9-8(10)12(16)5-6-13(9,17)7-12/h1-7,14-17H2.